The molecule has 0 radical (unpaired) electrons. The maximum atomic E-state index is 11.7. The number of hydrogen-bond acceptors (Lipinski definition) is 3. The molecule has 0 atom stereocenters. The molecule has 0 unspecified atom stereocenters. The summed E-state index contributed by atoms with van der Waals surface area (Å²) >= 11 is 0. The van der Waals surface area contributed by atoms with Gasteiger partial charge in [-0.1, -0.05) is 125 Å². The lowest BCUT2D eigenvalue weighted by molar-refractivity contribution is 0.472. The molecule has 8 rings (SSSR count). The van der Waals surface area contributed by atoms with E-state index in [4.69, 9.17) is 16.8 Å². The molecule has 4 heteroatoms. The third-order valence-electron chi connectivity index (χ3n) is 10.2. The number of aromatic nitrogens is 3. The minimum atomic E-state index is -0.942. The van der Waals surface area contributed by atoms with E-state index in [0.717, 1.165) is 61.3 Å². The van der Waals surface area contributed by atoms with Crippen LogP contribution in [0, 0.1) is 13.8 Å². The van der Waals surface area contributed by atoms with E-state index in [1.807, 2.05) is 76.2 Å². The van der Waals surface area contributed by atoms with Crippen LogP contribution in [0.1, 0.15) is 71.0 Å². The summed E-state index contributed by atoms with van der Waals surface area (Å²) in [4.78, 5) is 10.1. The van der Waals surface area contributed by atoms with Crippen molar-refractivity contribution in [1.29, 1.82) is 0 Å². The molecule has 0 bridgehead atoms. The fourth-order valence-corrected chi connectivity index (χ4v) is 7.36. The highest BCUT2D eigenvalue weighted by Crippen LogP contribution is 2.42. The van der Waals surface area contributed by atoms with Crippen LogP contribution in [0.2, 0.25) is 0 Å². The second-order valence-electron chi connectivity index (χ2n) is 15.5. The molecular formula is C51H47N3O. The van der Waals surface area contributed by atoms with E-state index in [2.05, 4.69) is 73.9 Å². The van der Waals surface area contributed by atoms with Crippen LogP contribution >= 0.6 is 0 Å². The van der Waals surface area contributed by atoms with Crippen LogP contribution in [-0.4, -0.2) is 19.6 Å². The number of phenols is 1. The Labute approximate surface area is 333 Å². The third-order valence-corrected chi connectivity index (χ3v) is 10.2. The predicted octanol–water partition coefficient (Wildman–Crippen LogP) is 13.5. The van der Waals surface area contributed by atoms with Gasteiger partial charge in [-0.25, -0.2) is 4.98 Å². The topological polar surface area (TPSA) is 50.9 Å². The molecule has 8 aromatic rings. The summed E-state index contributed by atoms with van der Waals surface area (Å²) in [6.07, 6.45) is 1.61. The normalized spacial score (nSPS) is 13.5. The fraction of sp³-hybridized carbons (Fsp3) is 0.176. The Balaban J connectivity index is 1.38. The lowest BCUT2D eigenvalue weighted by Gasteiger charge is -2.22. The maximum absolute atomic E-state index is 11.7. The first-order valence-electron chi connectivity index (χ1n) is 21.6. The summed E-state index contributed by atoms with van der Waals surface area (Å²) in [5.74, 6) is -0.233. The van der Waals surface area contributed by atoms with Crippen molar-refractivity contribution in [3.8, 4) is 67.5 Å². The first-order valence-corrected chi connectivity index (χ1v) is 18.6. The number of aryl methyl sites for hydroxylation is 2. The lowest BCUT2D eigenvalue weighted by atomic mass is 9.83. The Bertz CT molecular complexity index is 3000. The van der Waals surface area contributed by atoms with E-state index in [1.165, 1.54) is 0 Å². The Kier molecular flexibility index (Phi) is 7.52. The maximum Gasteiger partial charge on any atom is 0.149 e. The molecule has 4 nitrogen and oxygen atoms in total. The average Bonchev–Trinajstić information content (AvgIpc) is 3.62. The molecule has 0 spiro atoms. The number of fused-ring (bicyclic) bond motifs is 1. The lowest BCUT2D eigenvalue weighted by Crippen LogP contribution is -2.11. The second kappa shape index (κ2) is 14.2. The SMILES string of the molecule is [2H]c1c([2H])c([2H])c(-c2ccnc(-c3cc(-c4cccc5c4nc(-c4cc(C)cc(C)c4O)n5-c4ccc(-c5ccccc5)c(C([2H])(C)C)c4)cc(C(C)(C)C)c3)c2)c([2H])c1[2H]. The van der Waals surface area contributed by atoms with E-state index in [1.54, 1.807) is 18.3 Å². The summed E-state index contributed by atoms with van der Waals surface area (Å²) in [5, 5.41) is 11.7. The quantitative estimate of drug-likeness (QED) is 0.178. The highest BCUT2D eigenvalue weighted by molar-refractivity contribution is 5.97. The molecule has 272 valence electrons. The number of imidazole rings is 1. The molecule has 0 saturated heterocycles. The first-order chi connectivity index (χ1) is 28.8. The molecule has 0 aliphatic heterocycles. The zero-order valence-corrected chi connectivity index (χ0v) is 32.3. The van der Waals surface area contributed by atoms with Gasteiger partial charge >= 0.3 is 0 Å². The number of para-hydroxylation sites is 1. The van der Waals surface area contributed by atoms with Crippen LogP contribution in [0.3, 0.4) is 0 Å². The van der Waals surface area contributed by atoms with Gasteiger partial charge < -0.3 is 5.11 Å². The number of aromatic hydroxyl groups is 1. The average molecular weight is 724 g/mol. The molecule has 0 aliphatic carbocycles. The number of phenolic OH excluding ortho intramolecular Hbond substituents is 1. The van der Waals surface area contributed by atoms with Gasteiger partial charge in [0.2, 0.25) is 0 Å². The van der Waals surface area contributed by atoms with E-state index < -0.39 is 11.9 Å². The van der Waals surface area contributed by atoms with Gasteiger partial charge in [-0.3, -0.25) is 9.55 Å². The molecule has 0 saturated carbocycles. The van der Waals surface area contributed by atoms with Crippen molar-refractivity contribution in [1.82, 2.24) is 14.5 Å². The van der Waals surface area contributed by atoms with Crippen molar-refractivity contribution in [3.63, 3.8) is 0 Å². The summed E-state index contributed by atoms with van der Waals surface area (Å²) in [5.41, 5.74) is 12.0. The minimum absolute atomic E-state index is 0.119. The third kappa shape index (κ3) is 6.85. The molecule has 0 amide bonds. The Morgan fingerprint density at radius 2 is 1.45 bits per heavy atom. The van der Waals surface area contributed by atoms with E-state index in [0.29, 0.717) is 28.2 Å². The van der Waals surface area contributed by atoms with Crippen molar-refractivity contribution in [2.75, 3.05) is 0 Å². The number of rotatable bonds is 7. The van der Waals surface area contributed by atoms with Crippen molar-refractivity contribution in [2.24, 2.45) is 0 Å². The monoisotopic (exact) mass is 723 g/mol. The van der Waals surface area contributed by atoms with E-state index in [9.17, 15) is 6.48 Å². The smallest absolute Gasteiger partial charge is 0.149 e. The van der Waals surface area contributed by atoms with Gasteiger partial charge in [-0.15, -0.1) is 0 Å². The van der Waals surface area contributed by atoms with Crippen molar-refractivity contribution in [3.05, 3.63) is 168 Å². The van der Waals surface area contributed by atoms with Gasteiger partial charge in [-0.05, 0) is 124 Å². The highest BCUT2D eigenvalue weighted by atomic mass is 16.3. The Morgan fingerprint density at radius 3 is 2.20 bits per heavy atom. The van der Waals surface area contributed by atoms with Gasteiger partial charge in [0.25, 0.3) is 0 Å². The van der Waals surface area contributed by atoms with Crippen molar-refractivity contribution in [2.45, 2.75) is 59.8 Å². The number of nitrogens with zero attached hydrogens (tertiary/aromatic N) is 3. The number of benzene rings is 6. The molecule has 1 N–H and O–H groups in total. The Hall–Kier alpha value is -6.26. The van der Waals surface area contributed by atoms with Crippen LogP contribution < -0.4 is 0 Å². The molecule has 0 fully saturated rings. The van der Waals surface area contributed by atoms with E-state index >= 15 is 0 Å². The van der Waals surface area contributed by atoms with Gasteiger partial charge in [0.15, 0.2) is 0 Å². The highest BCUT2D eigenvalue weighted by Gasteiger charge is 2.24. The zero-order chi connectivity index (χ0) is 43.7. The molecule has 6 aromatic carbocycles. The van der Waals surface area contributed by atoms with Gasteiger partial charge in [0.05, 0.1) is 29.1 Å². The molecule has 2 aromatic heterocycles. The van der Waals surface area contributed by atoms with Gasteiger partial charge in [0.1, 0.15) is 11.6 Å². The molecule has 0 aliphatic rings. The number of pyridine rings is 1. The zero-order valence-electron chi connectivity index (χ0n) is 38.3. The van der Waals surface area contributed by atoms with Crippen LogP contribution in [0.15, 0.2) is 146 Å². The van der Waals surface area contributed by atoms with Crippen LogP contribution in [0.25, 0.3) is 72.7 Å². The van der Waals surface area contributed by atoms with Crippen LogP contribution in [0.4, 0.5) is 0 Å². The first kappa shape index (κ1) is 29.1. The minimum Gasteiger partial charge on any atom is -0.507 e. The predicted molar refractivity (Wildman–Crippen MR) is 230 cm³/mol. The van der Waals surface area contributed by atoms with Crippen LogP contribution in [-0.2, 0) is 5.41 Å². The summed E-state index contributed by atoms with van der Waals surface area (Å²) in [6, 6.07) is 34.3. The number of hydrogen-bond donors (Lipinski definition) is 1. The van der Waals surface area contributed by atoms with Crippen molar-refractivity contribution >= 4 is 11.0 Å². The Morgan fingerprint density at radius 1 is 0.691 bits per heavy atom. The summed E-state index contributed by atoms with van der Waals surface area (Å²) in [7, 11) is 0. The van der Waals surface area contributed by atoms with Gasteiger partial charge in [-0.2, -0.15) is 0 Å². The summed E-state index contributed by atoms with van der Waals surface area (Å²) in [6.45, 7) is 14.1. The van der Waals surface area contributed by atoms with E-state index in [-0.39, 0.29) is 40.9 Å². The molecule has 2 heterocycles. The van der Waals surface area contributed by atoms with Crippen LogP contribution in [0.5, 0.6) is 5.75 Å². The van der Waals surface area contributed by atoms with Gasteiger partial charge in [0, 0.05) is 24.4 Å². The fourth-order valence-electron chi connectivity index (χ4n) is 7.36. The largest absolute Gasteiger partial charge is 0.507 e. The second-order valence-corrected chi connectivity index (χ2v) is 15.5. The molecule has 55 heavy (non-hydrogen) atoms. The molecular weight excluding hydrogens is 671 g/mol. The van der Waals surface area contributed by atoms with Crippen molar-refractivity contribution < 1.29 is 13.3 Å². The standard InChI is InChI=1S/C51H47N3O/c1-32(2)44-31-41(21-22-42(44)36-17-12-9-13-18-36)54-47-20-14-19-43(48(47)53-50(54)45-26-33(3)25-34(4)49(45)55)38-27-39(29-40(28-38)51(5,6)7)46-30-37(23-24-52-46)35-15-10-8-11-16-35/h8-32,55H,1-7H3/i8D,10D,11D,15D,16D,32D. The summed E-state index contributed by atoms with van der Waals surface area (Å²) < 4.78 is 53.3.